The molecule has 0 aromatic heterocycles. The quantitative estimate of drug-likeness (QED) is 0.718. The first-order valence-corrected chi connectivity index (χ1v) is 8.56. The third-order valence-corrected chi connectivity index (χ3v) is 4.38. The lowest BCUT2D eigenvalue weighted by Gasteiger charge is -2.17. The number of carbonyl (C=O) groups excluding carboxylic acids is 1. The lowest BCUT2D eigenvalue weighted by molar-refractivity contribution is -0.123. The number of hydrogen-bond acceptors (Lipinski definition) is 3. The van der Waals surface area contributed by atoms with Gasteiger partial charge in [-0.1, -0.05) is 54.1 Å². The van der Waals surface area contributed by atoms with Crippen molar-refractivity contribution in [2.45, 2.75) is 13.0 Å². The van der Waals surface area contributed by atoms with E-state index in [9.17, 15) is 4.79 Å². The molecule has 0 spiro atoms. The van der Waals surface area contributed by atoms with E-state index < -0.39 is 0 Å². The molecule has 0 aliphatic rings. The Labute approximate surface area is 157 Å². The smallest absolute Gasteiger partial charge is 0.258 e. The summed E-state index contributed by atoms with van der Waals surface area (Å²) in [5.41, 5.74) is 1.49. The summed E-state index contributed by atoms with van der Waals surface area (Å²) in [6, 6.07) is 20.6. The number of hydrogen-bond donors (Lipinski definition) is 1. The summed E-state index contributed by atoms with van der Waals surface area (Å²) in [4.78, 5) is 12.2. The van der Waals surface area contributed by atoms with Crippen LogP contribution < -0.4 is 10.1 Å². The number of halogens is 1. The maximum atomic E-state index is 12.2. The molecule has 26 heavy (non-hydrogen) atoms. The van der Waals surface area contributed by atoms with Gasteiger partial charge in [-0.2, -0.15) is 5.26 Å². The molecule has 3 rings (SSSR count). The monoisotopic (exact) mass is 364 g/mol. The Hall–Kier alpha value is -3.03. The fourth-order valence-electron chi connectivity index (χ4n) is 2.82. The van der Waals surface area contributed by atoms with Gasteiger partial charge in [0.2, 0.25) is 0 Å². The minimum atomic E-state index is -0.245. The summed E-state index contributed by atoms with van der Waals surface area (Å²) in [6.07, 6.45) is 0. The van der Waals surface area contributed by atoms with Crippen molar-refractivity contribution in [3.63, 3.8) is 0 Å². The molecule has 4 nitrogen and oxygen atoms in total. The standard InChI is InChI=1S/C21H17ClN2O2/c1-14(17-8-4-6-16-5-2-3-7-18(16)17)24-21(25)13-26-20-10-9-15(12-23)11-19(20)22/h2-11,14H,13H2,1H3,(H,24,25)/t14-/m0/s1. The van der Waals surface area contributed by atoms with E-state index in [-0.39, 0.29) is 18.6 Å². The predicted molar refractivity (Wildman–Crippen MR) is 102 cm³/mol. The zero-order valence-electron chi connectivity index (χ0n) is 14.2. The van der Waals surface area contributed by atoms with Gasteiger partial charge >= 0.3 is 0 Å². The Morgan fingerprint density at radius 3 is 2.73 bits per heavy atom. The largest absolute Gasteiger partial charge is 0.482 e. The zero-order chi connectivity index (χ0) is 18.5. The molecular weight excluding hydrogens is 348 g/mol. The number of benzene rings is 3. The normalized spacial score (nSPS) is 11.6. The van der Waals surface area contributed by atoms with Crippen LogP contribution in [0.2, 0.25) is 5.02 Å². The second-order valence-electron chi connectivity index (χ2n) is 5.90. The summed E-state index contributed by atoms with van der Waals surface area (Å²) in [7, 11) is 0. The van der Waals surface area contributed by atoms with E-state index in [1.54, 1.807) is 12.1 Å². The van der Waals surface area contributed by atoms with Gasteiger partial charge in [-0.25, -0.2) is 0 Å². The van der Waals surface area contributed by atoms with E-state index in [2.05, 4.69) is 5.32 Å². The number of nitrogens with one attached hydrogen (secondary N) is 1. The number of nitrogens with zero attached hydrogens (tertiary/aromatic N) is 1. The Kier molecular flexibility index (Phi) is 5.40. The Bertz CT molecular complexity index is 989. The maximum absolute atomic E-state index is 12.2. The first-order valence-electron chi connectivity index (χ1n) is 8.18. The van der Waals surface area contributed by atoms with Gasteiger partial charge in [-0.15, -0.1) is 0 Å². The molecule has 0 aliphatic carbocycles. The maximum Gasteiger partial charge on any atom is 0.258 e. The Morgan fingerprint density at radius 1 is 1.19 bits per heavy atom. The highest BCUT2D eigenvalue weighted by molar-refractivity contribution is 6.32. The molecule has 130 valence electrons. The molecule has 1 atom stereocenters. The molecule has 3 aromatic carbocycles. The average Bonchev–Trinajstić information content (AvgIpc) is 2.66. The van der Waals surface area contributed by atoms with Crippen molar-refractivity contribution >= 4 is 28.3 Å². The average molecular weight is 365 g/mol. The van der Waals surface area contributed by atoms with Crippen LogP contribution in [0.1, 0.15) is 24.1 Å². The molecule has 1 N–H and O–H groups in total. The molecule has 0 saturated heterocycles. The summed E-state index contributed by atoms with van der Waals surface area (Å²) >= 11 is 6.05. The molecule has 0 heterocycles. The second-order valence-corrected chi connectivity index (χ2v) is 6.31. The van der Waals surface area contributed by atoms with Gasteiger partial charge in [0.1, 0.15) is 5.75 Å². The topological polar surface area (TPSA) is 62.1 Å². The molecule has 0 aliphatic heterocycles. The lowest BCUT2D eigenvalue weighted by atomic mass is 10.00. The van der Waals surface area contributed by atoms with E-state index >= 15 is 0 Å². The van der Waals surface area contributed by atoms with Crippen molar-refractivity contribution in [1.29, 1.82) is 5.26 Å². The third-order valence-electron chi connectivity index (χ3n) is 4.09. The van der Waals surface area contributed by atoms with Crippen molar-refractivity contribution in [3.8, 4) is 11.8 Å². The number of nitriles is 1. The molecule has 5 heteroatoms. The van der Waals surface area contributed by atoms with E-state index in [0.29, 0.717) is 16.3 Å². The minimum absolute atomic E-state index is 0.152. The highest BCUT2D eigenvalue weighted by atomic mass is 35.5. The van der Waals surface area contributed by atoms with Crippen molar-refractivity contribution in [2.75, 3.05) is 6.61 Å². The van der Waals surface area contributed by atoms with Gasteiger partial charge in [0.25, 0.3) is 5.91 Å². The number of fused-ring (bicyclic) bond motifs is 1. The van der Waals surface area contributed by atoms with Crippen LogP contribution in [0.5, 0.6) is 5.75 Å². The van der Waals surface area contributed by atoms with Gasteiger partial charge < -0.3 is 10.1 Å². The summed E-state index contributed by atoms with van der Waals surface area (Å²) < 4.78 is 5.47. The van der Waals surface area contributed by atoms with Gasteiger partial charge in [0.05, 0.1) is 22.7 Å². The van der Waals surface area contributed by atoms with Crippen molar-refractivity contribution < 1.29 is 9.53 Å². The SMILES string of the molecule is C[C@H](NC(=O)COc1ccc(C#N)cc1Cl)c1cccc2ccccc12. The molecule has 0 fully saturated rings. The van der Waals surface area contributed by atoms with Crippen LogP contribution in [0.25, 0.3) is 10.8 Å². The summed E-state index contributed by atoms with van der Waals surface area (Å²) in [5.74, 6) is 0.129. The van der Waals surface area contributed by atoms with Crippen LogP contribution in [0.4, 0.5) is 0 Å². The van der Waals surface area contributed by atoms with Crippen LogP contribution in [0.3, 0.4) is 0 Å². The fraction of sp³-hybridized carbons (Fsp3) is 0.143. The zero-order valence-corrected chi connectivity index (χ0v) is 15.0. The highest BCUT2D eigenvalue weighted by Crippen LogP contribution is 2.26. The van der Waals surface area contributed by atoms with Gasteiger partial charge in [-0.3, -0.25) is 4.79 Å². The second kappa shape index (κ2) is 7.90. The molecule has 0 radical (unpaired) electrons. The Morgan fingerprint density at radius 2 is 1.96 bits per heavy atom. The molecule has 0 bridgehead atoms. The number of rotatable bonds is 5. The van der Waals surface area contributed by atoms with Gasteiger partial charge in [0, 0.05) is 0 Å². The molecular formula is C21H17ClN2O2. The number of carbonyl (C=O) groups is 1. The van der Waals surface area contributed by atoms with Crippen molar-refractivity contribution in [1.82, 2.24) is 5.32 Å². The number of ether oxygens (including phenoxy) is 1. The summed E-state index contributed by atoms with van der Waals surface area (Å²) in [5, 5.41) is 14.3. The predicted octanol–water partition coefficient (Wildman–Crippen LogP) is 4.62. The van der Waals surface area contributed by atoms with Crippen LogP contribution in [-0.4, -0.2) is 12.5 Å². The van der Waals surface area contributed by atoms with Crippen LogP contribution in [0.15, 0.2) is 60.7 Å². The van der Waals surface area contributed by atoms with Crippen LogP contribution >= 0.6 is 11.6 Å². The molecule has 0 saturated carbocycles. The number of amides is 1. The van der Waals surface area contributed by atoms with E-state index in [0.717, 1.165) is 16.3 Å². The molecule has 3 aromatic rings. The highest BCUT2D eigenvalue weighted by Gasteiger charge is 2.13. The Balaban J connectivity index is 1.65. The van der Waals surface area contributed by atoms with Gasteiger partial charge in [0.15, 0.2) is 6.61 Å². The van der Waals surface area contributed by atoms with E-state index in [4.69, 9.17) is 21.6 Å². The first-order chi connectivity index (χ1) is 12.6. The first kappa shape index (κ1) is 17.8. The van der Waals surface area contributed by atoms with Crippen LogP contribution in [0, 0.1) is 11.3 Å². The lowest BCUT2D eigenvalue weighted by Crippen LogP contribution is -2.31. The molecule has 0 unspecified atom stereocenters. The van der Waals surface area contributed by atoms with Crippen molar-refractivity contribution in [3.05, 3.63) is 76.8 Å². The fourth-order valence-corrected chi connectivity index (χ4v) is 3.05. The summed E-state index contributed by atoms with van der Waals surface area (Å²) in [6.45, 7) is 1.79. The van der Waals surface area contributed by atoms with Gasteiger partial charge in [-0.05, 0) is 41.5 Å². The van der Waals surface area contributed by atoms with E-state index in [1.807, 2.05) is 55.5 Å². The minimum Gasteiger partial charge on any atom is -0.482 e. The van der Waals surface area contributed by atoms with Crippen LogP contribution in [-0.2, 0) is 4.79 Å². The molecule has 1 amide bonds. The van der Waals surface area contributed by atoms with Crippen molar-refractivity contribution in [2.24, 2.45) is 0 Å². The van der Waals surface area contributed by atoms with E-state index in [1.165, 1.54) is 6.07 Å². The third kappa shape index (κ3) is 3.96.